The summed E-state index contributed by atoms with van der Waals surface area (Å²) in [5.74, 6) is 0.148. The minimum absolute atomic E-state index is 0. The van der Waals surface area contributed by atoms with Crippen molar-refractivity contribution in [1.82, 2.24) is 10.2 Å². The highest BCUT2D eigenvalue weighted by atomic mass is 35.5. The number of benzene rings is 1. The van der Waals surface area contributed by atoms with E-state index in [0.29, 0.717) is 19.3 Å². The fourth-order valence-electron chi connectivity index (χ4n) is 2.88. The number of hydrogen-bond donors (Lipinski definition) is 1. The number of rotatable bonds is 2. The molecular weight excluding hydrogens is 276 g/mol. The van der Waals surface area contributed by atoms with E-state index in [0.717, 1.165) is 37.1 Å². The molecule has 1 aromatic carbocycles. The molecule has 0 spiro atoms. The van der Waals surface area contributed by atoms with Crippen LogP contribution in [0.15, 0.2) is 18.2 Å². The number of hydrogen-bond acceptors (Lipinski definition) is 3. The Balaban J connectivity index is 0.00000147. The molecule has 20 heavy (non-hydrogen) atoms. The maximum Gasteiger partial charge on any atom is 0.253 e. The zero-order chi connectivity index (χ0) is 13.2. The number of likely N-dealkylation sites (tertiary alicyclic amines) is 1. The average Bonchev–Trinajstić information content (AvgIpc) is 2.94. The number of amides is 1. The molecule has 1 fully saturated rings. The van der Waals surface area contributed by atoms with Crippen LogP contribution in [0, 0.1) is 0 Å². The van der Waals surface area contributed by atoms with Gasteiger partial charge >= 0.3 is 0 Å². The molecule has 2 heterocycles. The number of halogens is 1. The van der Waals surface area contributed by atoms with Crippen molar-refractivity contribution in [1.29, 1.82) is 0 Å². The van der Waals surface area contributed by atoms with Gasteiger partial charge in [0.1, 0.15) is 0 Å². The van der Waals surface area contributed by atoms with E-state index in [9.17, 15) is 4.79 Å². The fraction of sp³-hybridized carbons (Fsp3) is 0.533. The highest BCUT2D eigenvalue weighted by Gasteiger charge is 2.24. The van der Waals surface area contributed by atoms with E-state index in [2.05, 4.69) is 5.32 Å². The second-order valence-electron chi connectivity index (χ2n) is 5.36. The Bertz CT molecular complexity index is 493. The normalized spacial score (nSPS) is 21.2. The number of nitrogens with one attached hydrogen (secondary N) is 1. The molecule has 1 amide bonds. The SMILES string of the molecule is CNC1CCCN(C(=O)c2ccc3c(c2)COC3)C1.Cl. The second kappa shape index (κ2) is 6.57. The number of piperidine rings is 1. The predicted octanol–water partition coefficient (Wildman–Crippen LogP) is 1.96. The molecule has 4 nitrogen and oxygen atoms in total. The van der Waals surface area contributed by atoms with Crippen molar-refractivity contribution >= 4 is 18.3 Å². The van der Waals surface area contributed by atoms with Crippen LogP contribution in [0.25, 0.3) is 0 Å². The highest BCUT2D eigenvalue weighted by Crippen LogP contribution is 2.22. The van der Waals surface area contributed by atoms with E-state index in [1.54, 1.807) is 0 Å². The molecule has 5 heteroatoms. The maximum absolute atomic E-state index is 12.5. The molecule has 0 saturated carbocycles. The lowest BCUT2D eigenvalue weighted by Crippen LogP contribution is -2.46. The highest BCUT2D eigenvalue weighted by molar-refractivity contribution is 5.94. The summed E-state index contributed by atoms with van der Waals surface area (Å²) in [5, 5.41) is 3.27. The first-order chi connectivity index (χ1) is 9.28. The molecule has 1 atom stereocenters. The Morgan fingerprint density at radius 1 is 1.35 bits per heavy atom. The van der Waals surface area contributed by atoms with Crippen molar-refractivity contribution in [2.75, 3.05) is 20.1 Å². The summed E-state index contributed by atoms with van der Waals surface area (Å²) >= 11 is 0. The van der Waals surface area contributed by atoms with Gasteiger partial charge in [-0.15, -0.1) is 12.4 Å². The van der Waals surface area contributed by atoms with E-state index >= 15 is 0 Å². The van der Waals surface area contributed by atoms with Gasteiger partial charge in [0.05, 0.1) is 13.2 Å². The van der Waals surface area contributed by atoms with E-state index < -0.39 is 0 Å². The van der Waals surface area contributed by atoms with Crippen LogP contribution >= 0.6 is 12.4 Å². The molecule has 110 valence electrons. The Morgan fingerprint density at radius 3 is 2.95 bits per heavy atom. The fourth-order valence-corrected chi connectivity index (χ4v) is 2.88. The van der Waals surface area contributed by atoms with Gasteiger partial charge in [0.15, 0.2) is 0 Å². The summed E-state index contributed by atoms with van der Waals surface area (Å²) in [6.45, 7) is 2.98. The van der Waals surface area contributed by atoms with Crippen LogP contribution in [0.4, 0.5) is 0 Å². The zero-order valence-electron chi connectivity index (χ0n) is 11.7. The molecule has 1 N–H and O–H groups in total. The Hall–Kier alpha value is -1.10. The van der Waals surface area contributed by atoms with Gasteiger partial charge in [0.25, 0.3) is 5.91 Å². The third-order valence-corrected chi connectivity index (χ3v) is 4.09. The molecule has 0 radical (unpaired) electrons. The molecule has 0 aliphatic carbocycles. The Labute approximate surface area is 125 Å². The van der Waals surface area contributed by atoms with Crippen LogP contribution in [0.5, 0.6) is 0 Å². The number of fused-ring (bicyclic) bond motifs is 1. The van der Waals surface area contributed by atoms with Crippen molar-refractivity contribution in [3.63, 3.8) is 0 Å². The van der Waals surface area contributed by atoms with Crippen LogP contribution in [0.2, 0.25) is 0 Å². The summed E-state index contributed by atoms with van der Waals surface area (Å²) in [6, 6.07) is 6.37. The predicted molar refractivity (Wildman–Crippen MR) is 80.2 cm³/mol. The molecule has 0 aromatic heterocycles. The summed E-state index contributed by atoms with van der Waals surface area (Å²) in [4.78, 5) is 14.5. The van der Waals surface area contributed by atoms with Crippen LogP contribution in [-0.4, -0.2) is 37.0 Å². The lowest BCUT2D eigenvalue weighted by molar-refractivity contribution is 0.0698. The number of nitrogens with zero attached hydrogens (tertiary/aromatic N) is 1. The third kappa shape index (κ3) is 2.97. The van der Waals surface area contributed by atoms with E-state index in [1.807, 2.05) is 30.1 Å². The van der Waals surface area contributed by atoms with E-state index in [1.165, 1.54) is 5.56 Å². The summed E-state index contributed by atoms with van der Waals surface area (Å²) < 4.78 is 5.39. The maximum atomic E-state index is 12.5. The standard InChI is InChI=1S/C15H20N2O2.ClH/c1-16-14-3-2-6-17(8-14)15(18)11-4-5-12-9-19-10-13(12)7-11;/h4-5,7,14,16H,2-3,6,8-10H2,1H3;1H. The van der Waals surface area contributed by atoms with E-state index in [4.69, 9.17) is 4.74 Å². The van der Waals surface area contributed by atoms with Gasteiger partial charge in [0, 0.05) is 24.7 Å². The van der Waals surface area contributed by atoms with E-state index in [-0.39, 0.29) is 18.3 Å². The summed E-state index contributed by atoms with van der Waals surface area (Å²) in [6.07, 6.45) is 2.23. The lowest BCUT2D eigenvalue weighted by atomic mass is 10.0. The first-order valence-corrected chi connectivity index (χ1v) is 6.94. The number of carbonyl (C=O) groups is 1. The van der Waals surface area contributed by atoms with Gasteiger partial charge in [-0.25, -0.2) is 0 Å². The second-order valence-corrected chi connectivity index (χ2v) is 5.36. The van der Waals surface area contributed by atoms with Crippen molar-refractivity contribution in [3.05, 3.63) is 34.9 Å². The minimum Gasteiger partial charge on any atom is -0.372 e. The van der Waals surface area contributed by atoms with Gasteiger partial charge in [-0.05, 0) is 43.1 Å². The molecule has 2 aliphatic rings. The molecule has 3 rings (SSSR count). The topological polar surface area (TPSA) is 41.6 Å². The average molecular weight is 297 g/mol. The van der Waals surface area contributed by atoms with Crippen molar-refractivity contribution < 1.29 is 9.53 Å². The van der Waals surface area contributed by atoms with Crippen LogP contribution in [0.3, 0.4) is 0 Å². The minimum atomic E-state index is 0. The van der Waals surface area contributed by atoms with Gasteiger partial charge in [0.2, 0.25) is 0 Å². The van der Waals surface area contributed by atoms with Gasteiger partial charge < -0.3 is 15.0 Å². The van der Waals surface area contributed by atoms with Crippen LogP contribution in [-0.2, 0) is 18.0 Å². The summed E-state index contributed by atoms with van der Waals surface area (Å²) in [5.41, 5.74) is 3.16. The molecule has 2 aliphatic heterocycles. The Morgan fingerprint density at radius 2 is 2.15 bits per heavy atom. The molecule has 1 saturated heterocycles. The molecule has 1 unspecified atom stereocenters. The largest absolute Gasteiger partial charge is 0.372 e. The zero-order valence-corrected chi connectivity index (χ0v) is 12.5. The Kier molecular flexibility index (Phi) is 5.02. The quantitative estimate of drug-likeness (QED) is 0.907. The van der Waals surface area contributed by atoms with Gasteiger partial charge in [-0.3, -0.25) is 4.79 Å². The first kappa shape index (κ1) is 15.3. The van der Waals surface area contributed by atoms with Gasteiger partial charge in [-0.1, -0.05) is 6.07 Å². The van der Waals surface area contributed by atoms with Crippen molar-refractivity contribution in [2.24, 2.45) is 0 Å². The number of carbonyl (C=O) groups excluding carboxylic acids is 1. The first-order valence-electron chi connectivity index (χ1n) is 6.94. The molecule has 0 bridgehead atoms. The summed E-state index contributed by atoms with van der Waals surface area (Å²) in [7, 11) is 1.96. The molecular formula is C15H21ClN2O2. The van der Waals surface area contributed by atoms with Gasteiger partial charge in [-0.2, -0.15) is 0 Å². The van der Waals surface area contributed by atoms with Crippen molar-refractivity contribution in [3.8, 4) is 0 Å². The van der Waals surface area contributed by atoms with Crippen LogP contribution in [0.1, 0.15) is 34.3 Å². The third-order valence-electron chi connectivity index (χ3n) is 4.09. The monoisotopic (exact) mass is 296 g/mol. The smallest absolute Gasteiger partial charge is 0.253 e. The number of ether oxygens (including phenoxy) is 1. The number of likely N-dealkylation sites (N-methyl/N-ethyl adjacent to an activating group) is 1. The van der Waals surface area contributed by atoms with Crippen LogP contribution < -0.4 is 5.32 Å². The lowest BCUT2D eigenvalue weighted by Gasteiger charge is -2.32. The molecule has 1 aromatic rings. The van der Waals surface area contributed by atoms with Crippen molar-refractivity contribution in [2.45, 2.75) is 32.1 Å².